The third kappa shape index (κ3) is 4.33. The summed E-state index contributed by atoms with van der Waals surface area (Å²) < 4.78 is 2.04. The number of benzene rings is 2. The van der Waals surface area contributed by atoms with Crippen LogP contribution in [0.5, 0.6) is 0 Å². The molecule has 0 saturated heterocycles. The Morgan fingerprint density at radius 3 is 2.68 bits per heavy atom. The summed E-state index contributed by atoms with van der Waals surface area (Å²) in [7, 11) is 0. The first kappa shape index (κ1) is 17.0. The molecule has 0 fully saturated rings. The Labute approximate surface area is 152 Å². The van der Waals surface area contributed by atoms with E-state index in [2.05, 4.69) is 61.8 Å². The minimum atomic E-state index is -0.133. The zero-order valence-electron chi connectivity index (χ0n) is 12.1. The van der Waals surface area contributed by atoms with Crippen LogP contribution in [0.4, 0.5) is 11.4 Å². The number of halogens is 2. The van der Waals surface area contributed by atoms with Crippen LogP contribution in [0.1, 0.15) is 15.9 Å². The van der Waals surface area contributed by atoms with Crippen molar-refractivity contribution in [3.05, 3.63) is 68.2 Å². The van der Waals surface area contributed by atoms with Crippen molar-refractivity contribution in [2.24, 2.45) is 0 Å². The van der Waals surface area contributed by atoms with Crippen LogP contribution in [0.3, 0.4) is 0 Å². The molecule has 2 rings (SSSR count). The molecular weight excluding hydrogens is 455 g/mol. The Morgan fingerprint density at radius 2 is 2.00 bits per heavy atom. The second-order valence-corrected chi connectivity index (χ2v) is 6.93. The second-order valence-electron chi connectivity index (χ2n) is 4.77. The van der Waals surface area contributed by atoms with Crippen molar-refractivity contribution in [1.29, 1.82) is 0 Å². The van der Waals surface area contributed by atoms with Gasteiger partial charge in [-0.3, -0.25) is 4.79 Å². The summed E-state index contributed by atoms with van der Waals surface area (Å²) in [4.78, 5) is 12.3. The van der Waals surface area contributed by atoms with Crippen LogP contribution >= 0.6 is 38.5 Å². The fourth-order valence-electron chi connectivity index (χ4n) is 1.99. The van der Waals surface area contributed by atoms with Crippen molar-refractivity contribution < 1.29 is 4.79 Å². The molecule has 3 nitrogen and oxygen atoms in total. The summed E-state index contributed by atoms with van der Waals surface area (Å²) in [6.07, 6.45) is 1.66. The van der Waals surface area contributed by atoms with Crippen molar-refractivity contribution >= 4 is 55.8 Å². The van der Waals surface area contributed by atoms with Crippen molar-refractivity contribution in [1.82, 2.24) is 5.32 Å². The molecule has 0 unspecified atom stereocenters. The maximum atomic E-state index is 12.3. The van der Waals surface area contributed by atoms with Gasteiger partial charge in [-0.15, -0.1) is 6.58 Å². The third-order valence-corrected chi connectivity index (χ3v) is 4.26. The van der Waals surface area contributed by atoms with Gasteiger partial charge in [-0.2, -0.15) is 0 Å². The first-order valence-corrected chi connectivity index (χ1v) is 8.60. The van der Waals surface area contributed by atoms with E-state index in [0.717, 1.165) is 21.4 Å². The zero-order chi connectivity index (χ0) is 16.1. The number of anilines is 2. The SMILES string of the molecule is C=CCNC(=O)c1cc(Br)ccc1Nc1ccc(I)cc1C. The molecule has 0 aliphatic heterocycles. The highest BCUT2D eigenvalue weighted by Crippen LogP contribution is 2.27. The topological polar surface area (TPSA) is 41.1 Å². The largest absolute Gasteiger partial charge is 0.355 e. The second kappa shape index (κ2) is 7.78. The van der Waals surface area contributed by atoms with E-state index in [9.17, 15) is 4.79 Å². The molecule has 1 amide bonds. The molecule has 0 aliphatic rings. The van der Waals surface area contributed by atoms with Gasteiger partial charge in [0, 0.05) is 20.3 Å². The highest BCUT2D eigenvalue weighted by Gasteiger charge is 2.12. The number of hydrogen-bond acceptors (Lipinski definition) is 2. The molecular formula is C17H16BrIN2O. The van der Waals surface area contributed by atoms with Gasteiger partial charge >= 0.3 is 0 Å². The highest BCUT2D eigenvalue weighted by molar-refractivity contribution is 14.1. The van der Waals surface area contributed by atoms with E-state index in [1.54, 1.807) is 6.08 Å². The molecule has 0 spiro atoms. The molecule has 114 valence electrons. The van der Waals surface area contributed by atoms with Crippen LogP contribution in [0.25, 0.3) is 0 Å². The summed E-state index contributed by atoms with van der Waals surface area (Å²) >= 11 is 5.70. The van der Waals surface area contributed by atoms with Gasteiger partial charge in [-0.25, -0.2) is 0 Å². The molecule has 22 heavy (non-hydrogen) atoms. The number of carbonyl (C=O) groups excluding carboxylic acids is 1. The Bertz CT molecular complexity index is 716. The quantitative estimate of drug-likeness (QED) is 0.475. The van der Waals surface area contributed by atoms with Gasteiger partial charge in [0.15, 0.2) is 0 Å². The number of hydrogen-bond donors (Lipinski definition) is 2. The molecule has 0 radical (unpaired) electrons. The summed E-state index contributed by atoms with van der Waals surface area (Å²) in [6.45, 7) is 6.09. The van der Waals surface area contributed by atoms with Crippen molar-refractivity contribution in [3.8, 4) is 0 Å². The average Bonchev–Trinajstić information content (AvgIpc) is 2.49. The molecule has 2 aromatic rings. The predicted octanol–water partition coefficient (Wildman–Crippen LogP) is 5.02. The van der Waals surface area contributed by atoms with E-state index in [1.807, 2.05) is 37.3 Å². The van der Waals surface area contributed by atoms with E-state index < -0.39 is 0 Å². The lowest BCUT2D eigenvalue weighted by Gasteiger charge is -2.14. The fraction of sp³-hybridized carbons (Fsp3) is 0.118. The molecule has 2 aromatic carbocycles. The summed E-state index contributed by atoms with van der Waals surface area (Å²) in [5.41, 5.74) is 3.48. The van der Waals surface area contributed by atoms with Crippen molar-refractivity contribution in [3.63, 3.8) is 0 Å². The summed E-state index contributed by atoms with van der Waals surface area (Å²) in [5.74, 6) is -0.133. The Hall–Kier alpha value is -1.34. The van der Waals surface area contributed by atoms with Gasteiger partial charge in [0.2, 0.25) is 0 Å². The molecule has 5 heteroatoms. The molecule has 0 atom stereocenters. The highest BCUT2D eigenvalue weighted by atomic mass is 127. The number of carbonyl (C=O) groups is 1. The van der Waals surface area contributed by atoms with Gasteiger partial charge < -0.3 is 10.6 Å². The summed E-state index contributed by atoms with van der Waals surface area (Å²) in [5, 5.41) is 6.15. The van der Waals surface area contributed by atoms with Crippen LogP contribution in [0.2, 0.25) is 0 Å². The van der Waals surface area contributed by atoms with E-state index in [-0.39, 0.29) is 5.91 Å². The molecule has 0 saturated carbocycles. The lowest BCUT2D eigenvalue weighted by Crippen LogP contribution is -2.24. The van der Waals surface area contributed by atoms with Crippen molar-refractivity contribution in [2.45, 2.75) is 6.92 Å². The van der Waals surface area contributed by atoms with Gasteiger partial charge in [0.25, 0.3) is 5.91 Å². The molecule has 0 heterocycles. The molecule has 0 aliphatic carbocycles. The number of rotatable bonds is 5. The van der Waals surface area contributed by atoms with E-state index in [4.69, 9.17) is 0 Å². The maximum Gasteiger partial charge on any atom is 0.253 e. The van der Waals surface area contributed by atoms with E-state index in [0.29, 0.717) is 12.1 Å². The average molecular weight is 471 g/mol. The summed E-state index contributed by atoms with van der Waals surface area (Å²) in [6, 6.07) is 11.8. The van der Waals surface area contributed by atoms with Crippen LogP contribution in [-0.2, 0) is 0 Å². The normalized spacial score (nSPS) is 10.1. The van der Waals surface area contributed by atoms with Gasteiger partial charge in [-0.1, -0.05) is 22.0 Å². The predicted molar refractivity (Wildman–Crippen MR) is 104 cm³/mol. The smallest absolute Gasteiger partial charge is 0.253 e. The van der Waals surface area contributed by atoms with Crippen LogP contribution in [0, 0.1) is 10.5 Å². The Balaban J connectivity index is 2.34. The van der Waals surface area contributed by atoms with E-state index >= 15 is 0 Å². The third-order valence-electron chi connectivity index (χ3n) is 3.09. The Morgan fingerprint density at radius 1 is 1.27 bits per heavy atom. The van der Waals surface area contributed by atoms with Crippen LogP contribution in [0.15, 0.2) is 53.5 Å². The molecule has 2 N–H and O–H groups in total. The minimum Gasteiger partial charge on any atom is -0.355 e. The monoisotopic (exact) mass is 470 g/mol. The molecule has 0 bridgehead atoms. The minimum absolute atomic E-state index is 0.133. The zero-order valence-corrected chi connectivity index (χ0v) is 15.9. The number of nitrogens with one attached hydrogen (secondary N) is 2. The maximum absolute atomic E-state index is 12.3. The van der Waals surface area contributed by atoms with Gasteiger partial charge in [0.1, 0.15) is 0 Å². The first-order valence-electron chi connectivity index (χ1n) is 6.73. The van der Waals surface area contributed by atoms with Crippen LogP contribution in [-0.4, -0.2) is 12.5 Å². The number of aryl methyl sites for hydroxylation is 1. The Kier molecular flexibility index (Phi) is 6.02. The van der Waals surface area contributed by atoms with Gasteiger partial charge in [-0.05, 0) is 71.5 Å². The fourth-order valence-corrected chi connectivity index (χ4v) is 2.99. The van der Waals surface area contributed by atoms with Crippen molar-refractivity contribution in [2.75, 3.05) is 11.9 Å². The lowest BCUT2D eigenvalue weighted by atomic mass is 10.1. The lowest BCUT2D eigenvalue weighted by molar-refractivity contribution is 0.0959. The van der Waals surface area contributed by atoms with E-state index in [1.165, 1.54) is 3.57 Å². The van der Waals surface area contributed by atoms with Crippen LogP contribution < -0.4 is 10.6 Å². The standard InChI is InChI=1S/C17H16BrIN2O/c1-3-8-20-17(22)14-10-12(18)4-6-16(14)21-15-7-5-13(19)9-11(15)2/h3-7,9-10,21H,1,8H2,2H3,(H,20,22). The first-order chi connectivity index (χ1) is 10.5. The number of amides is 1. The van der Waals surface area contributed by atoms with Gasteiger partial charge in [0.05, 0.1) is 11.3 Å². The molecule has 0 aromatic heterocycles.